The minimum absolute atomic E-state index is 0.151. The third-order valence-corrected chi connectivity index (χ3v) is 3.19. The van der Waals surface area contributed by atoms with E-state index in [1.165, 1.54) is 0 Å². The number of ether oxygens (including phenoxy) is 1. The van der Waals surface area contributed by atoms with Crippen molar-refractivity contribution >= 4 is 23.4 Å². The van der Waals surface area contributed by atoms with Gasteiger partial charge in [-0.05, 0) is 37.0 Å². The van der Waals surface area contributed by atoms with E-state index in [2.05, 4.69) is 12.2 Å². The molecule has 19 heavy (non-hydrogen) atoms. The first-order valence-corrected chi connectivity index (χ1v) is 7.85. The fraction of sp³-hybridized carbons (Fsp3) is 0.500. The van der Waals surface area contributed by atoms with E-state index in [0.717, 1.165) is 23.6 Å². The Balaban J connectivity index is 2.53. The quantitative estimate of drug-likeness (QED) is 0.769. The van der Waals surface area contributed by atoms with Gasteiger partial charge in [0.25, 0.3) is 0 Å². The van der Waals surface area contributed by atoms with Gasteiger partial charge >= 0.3 is 0 Å². The maximum atomic E-state index is 11.9. The molecule has 0 saturated heterocycles. The lowest BCUT2D eigenvalue weighted by Crippen LogP contribution is -2.36. The number of amides is 1. The Kier molecular flexibility index (Phi) is 7.36. The standard InChI is InChI=1S/C14H22N2O2S/c1-3-8-18-12-6-4-5-11(10-12)16-14(17)13(15)7-9-19-2/h4-6,10,13H,3,7-9,15H2,1-2H3,(H,16,17)/t13-/m1/s1. The Bertz CT molecular complexity index is 399. The van der Waals surface area contributed by atoms with Gasteiger partial charge in [0.15, 0.2) is 0 Å². The highest BCUT2D eigenvalue weighted by Gasteiger charge is 2.13. The second-order valence-electron chi connectivity index (χ2n) is 4.25. The van der Waals surface area contributed by atoms with Gasteiger partial charge in [0.1, 0.15) is 5.75 Å². The number of rotatable bonds is 8. The van der Waals surface area contributed by atoms with Crippen LogP contribution in [0.5, 0.6) is 5.75 Å². The molecule has 0 unspecified atom stereocenters. The van der Waals surface area contributed by atoms with Gasteiger partial charge in [-0.15, -0.1) is 0 Å². The number of thioether (sulfide) groups is 1. The average molecular weight is 282 g/mol. The maximum Gasteiger partial charge on any atom is 0.241 e. The lowest BCUT2D eigenvalue weighted by molar-refractivity contribution is -0.117. The Hall–Kier alpha value is -1.20. The number of hydrogen-bond donors (Lipinski definition) is 2. The summed E-state index contributed by atoms with van der Waals surface area (Å²) in [4.78, 5) is 11.9. The SMILES string of the molecule is CCCOc1cccc(NC(=O)[C@H](N)CCSC)c1. The van der Waals surface area contributed by atoms with Crippen LogP contribution in [0.1, 0.15) is 19.8 Å². The number of carbonyl (C=O) groups is 1. The molecular formula is C14H22N2O2S. The van der Waals surface area contributed by atoms with Gasteiger partial charge in [-0.2, -0.15) is 11.8 Å². The van der Waals surface area contributed by atoms with Crippen LogP contribution in [-0.2, 0) is 4.79 Å². The van der Waals surface area contributed by atoms with E-state index in [1.54, 1.807) is 11.8 Å². The molecule has 0 radical (unpaired) electrons. The summed E-state index contributed by atoms with van der Waals surface area (Å²) in [5.41, 5.74) is 6.53. The van der Waals surface area contributed by atoms with Gasteiger partial charge in [0.05, 0.1) is 12.6 Å². The van der Waals surface area contributed by atoms with E-state index >= 15 is 0 Å². The molecule has 0 aliphatic heterocycles. The Labute approximate surface area is 119 Å². The van der Waals surface area contributed by atoms with E-state index < -0.39 is 6.04 Å². The minimum Gasteiger partial charge on any atom is -0.494 e. The summed E-state index contributed by atoms with van der Waals surface area (Å²) in [6, 6.07) is 6.91. The van der Waals surface area contributed by atoms with Crippen molar-refractivity contribution in [3.05, 3.63) is 24.3 Å². The zero-order valence-electron chi connectivity index (χ0n) is 11.5. The summed E-state index contributed by atoms with van der Waals surface area (Å²) in [5.74, 6) is 1.49. The summed E-state index contributed by atoms with van der Waals surface area (Å²) >= 11 is 1.69. The fourth-order valence-corrected chi connectivity index (χ4v) is 1.98. The topological polar surface area (TPSA) is 64.3 Å². The summed E-state index contributed by atoms with van der Waals surface area (Å²) in [5, 5.41) is 2.81. The van der Waals surface area contributed by atoms with Crippen molar-refractivity contribution in [2.75, 3.05) is 23.9 Å². The van der Waals surface area contributed by atoms with Crippen molar-refractivity contribution < 1.29 is 9.53 Å². The Morgan fingerprint density at radius 3 is 3.00 bits per heavy atom. The number of nitrogens with one attached hydrogen (secondary N) is 1. The van der Waals surface area contributed by atoms with Crippen LogP contribution in [-0.4, -0.2) is 30.6 Å². The summed E-state index contributed by atoms with van der Waals surface area (Å²) in [6.07, 6.45) is 3.63. The van der Waals surface area contributed by atoms with E-state index in [0.29, 0.717) is 13.0 Å². The molecule has 1 aromatic rings. The molecule has 0 fully saturated rings. The molecule has 0 aromatic heterocycles. The van der Waals surface area contributed by atoms with Gasteiger partial charge in [0.2, 0.25) is 5.91 Å². The Morgan fingerprint density at radius 1 is 1.53 bits per heavy atom. The molecule has 0 spiro atoms. The smallest absolute Gasteiger partial charge is 0.241 e. The fourth-order valence-electron chi connectivity index (χ4n) is 1.49. The average Bonchev–Trinajstić information content (AvgIpc) is 2.42. The monoisotopic (exact) mass is 282 g/mol. The number of carbonyl (C=O) groups excluding carboxylic acids is 1. The highest BCUT2D eigenvalue weighted by molar-refractivity contribution is 7.98. The number of hydrogen-bond acceptors (Lipinski definition) is 4. The van der Waals surface area contributed by atoms with Crippen LogP contribution in [0.2, 0.25) is 0 Å². The van der Waals surface area contributed by atoms with Crippen molar-refractivity contribution in [3.63, 3.8) is 0 Å². The summed E-state index contributed by atoms with van der Waals surface area (Å²) < 4.78 is 5.52. The van der Waals surface area contributed by atoms with Gasteiger partial charge in [-0.3, -0.25) is 4.79 Å². The largest absolute Gasteiger partial charge is 0.494 e. The molecule has 0 aliphatic carbocycles. The zero-order valence-corrected chi connectivity index (χ0v) is 12.3. The van der Waals surface area contributed by atoms with E-state index in [-0.39, 0.29) is 5.91 Å². The zero-order chi connectivity index (χ0) is 14.1. The van der Waals surface area contributed by atoms with Crippen molar-refractivity contribution in [2.24, 2.45) is 5.73 Å². The van der Waals surface area contributed by atoms with Crippen LogP contribution in [0, 0.1) is 0 Å². The van der Waals surface area contributed by atoms with Gasteiger partial charge in [0, 0.05) is 11.8 Å². The first-order chi connectivity index (χ1) is 9.17. The van der Waals surface area contributed by atoms with Gasteiger partial charge < -0.3 is 15.8 Å². The number of nitrogens with two attached hydrogens (primary N) is 1. The molecule has 4 nitrogen and oxygen atoms in total. The molecule has 0 aliphatic rings. The van der Waals surface area contributed by atoms with E-state index in [1.807, 2.05) is 30.5 Å². The molecule has 1 amide bonds. The third kappa shape index (κ3) is 5.98. The summed E-state index contributed by atoms with van der Waals surface area (Å²) in [6.45, 7) is 2.72. The molecule has 1 rings (SSSR count). The van der Waals surface area contributed by atoms with Crippen LogP contribution >= 0.6 is 11.8 Å². The highest BCUT2D eigenvalue weighted by Crippen LogP contribution is 2.17. The lowest BCUT2D eigenvalue weighted by Gasteiger charge is -2.12. The molecule has 106 valence electrons. The molecule has 1 atom stereocenters. The normalized spacial score (nSPS) is 11.9. The lowest BCUT2D eigenvalue weighted by atomic mass is 10.2. The predicted molar refractivity (Wildman–Crippen MR) is 81.8 cm³/mol. The second kappa shape index (κ2) is 8.82. The molecule has 0 heterocycles. The summed E-state index contributed by atoms with van der Waals surface area (Å²) in [7, 11) is 0. The van der Waals surface area contributed by atoms with Crippen LogP contribution < -0.4 is 15.8 Å². The predicted octanol–water partition coefficient (Wildman–Crippen LogP) is 2.49. The first-order valence-electron chi connectivity index (χ1n) is 6.45. The Morgan fingerprint density at radius 2 is 2.32 bits per heavy atom. The third-order valence-electron chi connectivity index (χ3n) is 2.54. The number of anilines is 1. The van der Waals surface area contributed by atoms with Crippen LogP contribution in [0.25, 0.3) is 0 Å². The van der Waals surface area contributed by atoms with Crippen LogP contribution in [0.4, 0.5) is 5.69 Å². The minimum atomic E-state index is -0.465. The molecule has 5 heteroatoms. The molecule has 0 bridgehead atoms. The van der Waals surface area contributed by atoms with E-state index in [9.17, 15) is 4.79 Å². The van der Waals surface area contributed by atoms with Crippen molar-refractivity contribution in [3.8, 4) is 5.75 Å². The molecule has 3 N–H and O–H groups in total. The van der Waals surface area contributed by atoms with Crippen molar-refractivity contribution in [2.45, 2.75) is 25.8 Å². The molecular weight excluding hydrogens is 260 g/mol. The molecule has 1 aromatic carbocycles. The van der Waals surface area contributed by atoms with Crippen molar-refractivity contribution in [1.82, 2.24) is 0 Å². The maximum absolute atomic E-state index is 11.9. The van der Waals surface area contributed by atoms with Gasteiger partial charge in [-0.1, -0.05) is 13.0 Å². The number of benzene rings is 1. The van der Waals surface area contributed by atoms with Crippen molar-refractivity contribution in [1.29, 1.82) is 0 Å². The first kappa shape index (κ1) is 15.9. The van der Waals surface area contributed by atoms with Gasteiger partial charge in [-0.25, -0.2) is 0 Å². The molecule has 0 saturated carbocycles. The van der Waals surface area contributed by atoms with Crippen LogP contribution in [0.15, 0.2) is 24.3 Å². The second-order valence-corrected chi connectivity index (χ2v) is 5.24. The highest BCUT2D eigenvalue weighted by atomic mass is 32.2. The van der Waals surface area contributed by atoms with E-state index in [4.69, 9.17) is 10.5 Å². The van der Waals surface area contributed by atoms with Crippen LogP contribution in [0.3, 0.4) is 0 Å².